The highest BCUT2D eigenvalue weighted by molar-refractivity contribution is 7.11. The Labute approximate surface area is 109 Å². The van der Waals surface area contributed by atoms with Crippen molar-refractivity contribution in [1.82, 2.24) is 15.6 Å². The average Bonchev–Trinajstić information content (AvgIpc) is 2.72. The fourth-order valence-corrected chi connectivity index (χ4v) is 2.10. The largest absolute Gasteiger partial charge is 0.481 e. The Balaban J connectivity index is 2.23. The number of hydrogen-bond acceptors (Lipinski definition) is 4. The summed E-state index contributed by atoms with van der Waals surface area (Å²) < 4.78 is 0. The third-order valence-corrected chi connectivity index (χ3v) is 3.40. The highest BCUT2D eigenvalue weighted by Gasteiger charge is 2.10. The standard InChI is InChI=1S/C11H17N3O3S/c1-7(10-13-6-8(2)18-10)5-14-11(17)12-4-3-9(15)16/h6-7H,3-5H2,1-2H3,(H,15,16)(H2,12,14,17). The zero-order valence-corrected chi connectivity index (χ0v) is 11.2. The lowest BCUT2D eigenvalue weighted by atomic mass is 10.2. The number of carbonyl (C=O) groups is 2. The van der Waals surface area contributed by atoms with Gasteiger partial charge in [-0.3, -0.25) is 4.79 Å². The Kier molecular flexibility index (Phi) is 5.57. The third-order valence-electron chi connectivity index (χ3n) is 2.25. The zero-order chi connectivity index (χ0) is 13.5. The smallest absolute Gasteiger partial charge is 0.314 e. The zero-order valence-electron chi connectivity index (χ0n) is 10.4. The van der Waals surface area contributed by atoms with E-state index in [2.05, 4.69) is 15.6 Å². The highest BCUT2D eigenvalue weighted by Crippen LogP contribution is 2.20. The molecular weight excluding hydrogens is 254 g/mol. The van der Waals surface area contributed by atoms with Crippen LogP contribution >= 0.6 is 11.3 Å². The fraction of sp³-hybridized carbons (Fsp3) is 0.545. The summed E-state index contributed by atoms with van der Waals surface area (Å²) in [6.45, 7) is 4.58. The van der Waals surface area contributed by atoms with Crippen LogP contribution in [0.3, 0.4) is 0 Å². The van der Waals surface area contributed by atoms with E-state index in [-0.39, 0.29) is 24.9 Å². The lowest BCUT2D eigenvalue weighted by molar-refractivity contribution is -0.136. The number of amides is 2. The molecule has 1 aromatic heterocycles. The van der Waals surface area contributed by atoms with Crippen LogP contribution in [-0.2, 0) is 4.79 Å². The minimum absolute atomic E-state index is 0.0748. The minimum atomic E-state index is -0.929. The van der Waals surface area contributed by atoms with E-state index in [4.69, 9.17) is 5.11 Å². The van der Waals surface area contributed by atoms with Gasteiger partial charge in [-0.15, -0.1) is 11.3 Å². The van der Waals surface area contributed by atoms with Gasteiger partial charge in [0.15, 0.2) is 0 Å². The van der Waals surface area contributed by atoms with E-state index in [1.165, 1.54) is 0 Å². The lowest BCUT2D eigenvalue weighted by Gasteiger charge is -2.10. The van der Waals surface area contributed by atoms with E-state index >= 15 is 0 Å². The quantitative estimate of drug-likeness (QED) is 0.728. The molecule has 0 saturated heterocycles. The van der Waals surface area contributed by atoms with Crippen LogP contribution in [0.15, 0.2) is 6.20 Å². The summed E-state index contributed by atoms with van der Waals surface area (Å²) in [6.07, 6.45) is 1.73. The first-order valence-corrected chi connectivity index (χ1v) is 6.46. The van der Waals surface area contributed by atoms with Crippen LogP contribution in [0.5, 0.6) is 0 Å². The minimum Gasteiger partial charge on any atom is -0.481 e. The van der Waals surface area contributed by atoms with Crippen molar-refractivity contribution in [2.24, 2.45) is 0 Å². The van der Waals surface area contributed by atoms with Crippen molar-refractivity contribution in [2.45, 2.75) is 26.2 Å². The lowest BCUT2D eigenvalue weighted by Crippen LogP contribution is -2.38. The van der Waals surface area contributed by atoms with E-state index < -0.39 is 5.97 Å². The summed E-state index contributed by atoms with van der Waals surface area (Å²) in [5.41, 5.74) is 0. The maximum atomic E-state index is 11.3. The summed E-state index contributed by atoms with van der Waals surface area (Å²) in [5, 5.41) is 14.6. The molecule has 6 nitrogen and oxygen atoms in total. The molecule has 0 aliphatic rings. The fourth-order valence-electron chi connectivity index (χ4n) is 1.28. The van der Waals surface area contributed by atoms with Gasteiger partial charge in [0.1, 0.15) is 0 Å². The average molecular weight is 271 g/mol. The number of carbonyl (C=O) groups excluding carboxylic acids is 1. The number of urea groups is 1. The summed E-state index contributed by atoms with van der Waals surface area (Å²) in [7, 11) is 0. The van der Waals surface area contributed by atoms with Gasteiger partial charge in [0, 0.05) is 30.1 Å². The number of nitrogens with zero attached hydrogens (tertiary/aromatic N) is 1. The molecule has 1 heterocycles. The summed E-state index contributed by atoms with van der Waals surface area (Å²) in [6, 6.07) is -0.351. The Morgan fingerprint density at radius 3 is 2.78 bits per heavy atom. The third kappa shape index (κ3) is 5.13. The van der Waals surface area contributed by atoms with E-state index in [0.717, 1.165) is 9.88 Å². The molecular formula is C11H17N3O3S. The molecule has 0 aliphatic heterocycles. The normalized spacial score (nSPS) is 11.9. The molecule has 7 heteroatoms. The number of aromatic nitrogens is 1. The Bertz CT molecular complexity index is 419. The molecule has 0 bridgehead atoms. The van der Waals surface area contributed by atoms with Gasteiger partial charge in [0.25, 0.3) is 0 Å². The predicted octanol–water partition coefficient (Wildman–Crippen LogP) is 1.33. The first-order chi connectivity index (χ1) is 8.49. The van der Waals surface area contributed by atoms with Crippen LogP contribution in [0, 0.1) is 6.92 Å². The number of thiazole rings is 1. The van der Waals surface area contributed by atoms with Gasteiger partial charge >= 0.3 is 12.0 Å². The van der Waals surface area contributed by atoms with Gasteiger partial charge in [-0.2, -0.15) is 0 Å². The van der Waals surface area contributed by atoms with E-state index in [9.17, 15) is 9.59 Å². The van der Waals surface area contributed by atoms with Crippen molar-refractivity contribution < 1.29 is 14.7 Å². The van der Waals surface area contributed by atoms with Gasteiger partial charge in [0.05, 0.1) is 11.4 Å². The number of nitrogens with one attached hydrogen (secondary N) is 2. The topological polar surface area (TPSA) is 91.3 Å². The maximum Gasteiger partial charge on any atom is 0.314 e. The van der Waals surface area contributed by atoms with Crippen molar-refractivity contribution in [3.05, 3.63) is 16.1 Å². The highest BCUT2D eigenvalue weighted by atomic mass is 32.1. The van der Waals surface area contributed by atoms with Gasteiger partial charge in [0.2, 0.25) is 0 Å². The van der Waals surface area contributed by atoms with Crippen molar-refractivity contribution in [2.75, 3.05) is 13.1 Å². The predicted molar refractivity (Wildman–Crippen MR) is 68.9 cm³/mol. The Morgan fingerprint density at radius 2 is 2.22 bits per heavy atom. The molecule has 1 aromatic rings. The number of rotatable bonds is 6. The number of aliphatic carboxylic acids is 1. The SMILES string of the molecule is Cc1cnc(C(C)CNC(=O)NCCC(=O)O)s1. The van der Waals surface area contributed by atoms with E-state index in [0.29, 0.717) is 6.54 Å². The molecule has 18 heavy (non-hydrogen) atoms. The molecule has 100 valence electrons. The monoisotopic (exact) mass is 271 g/mol. The summed E-state index contributed by atoms with van der Waals surface area (Å²) in [5.74, 6) is -0.782. The molecule has 1 atom stereocenters. The van der Waals surface area contributed by atoms with Crippen LogP contribution in [0.2, 0.25) is 0 Å². The molecule has 3 N–H and O–H groups in total. The second kappa shape index (κ2) is 6.95. The Morgan fingerprint density at radius 1 is 1.50 bits per heavy atom. The first-order valence-electron chi connectivity index (χ1n) is 5.65. The van der Waals surface area contributed by atoms with Crippen LogP contribution in [-0.4, -0.2) is 35.2 Å². The molecule has 0 aromatic carbocycles. The number of carboxylic acid groups (broad SMARTS) is 1. The first kappa shape index (κ1) is 14.4. The van der Waals surface area contributed by atoms with Gasteiger partial charge in [-0.1, -0.05) is 6.92 Å². The number of hydrogen-bond donors (Lipinski definition) is 3. The van der Waals surface area contributed by atoms with Crippen molar-refractivity contribution in [3.8, 4) is 0 Å². The van der Waals surface area contributed by atoms with Crippen molar-refractivity contribution >= 4 is 23.3 Å². The number of carboxylic acids is 1. The van der Waals surface area contributed by atoms with Crippen LogP contribution in [0.1, 0.15) is 29.1 Å². The number of aryl methyl sites for hydroxylation is 1. The van der Waals surface area contributed by atoms with Crippen molar-refractivity contribution in [1.29, 1.82) is 0 Å². The molecule has 2 amide bonds. The van der Waals surface area contributed by atoms with Crippen molar-refractivity contribution in [3.63, 3.8) is 0 Å². The van der Waals surface area contributed by atoms with Crippen LogP contribution in [0.25, 0.3) is 0 Å². The van der Waals surface area contributed by atoms with Crippen LogP contribution < -0.4 is 10.6 Å². The van der Waals surface area contributed by atoms with E-state index in [1.54, 1.807) is 11.3 Å². The molecule has 0 fully saturated rings. The molecule has 0 saturated carbocycles. The maximum absolute atomic E-state index is 11.3. The van der Waals surface area contributed by atoms with E-state index in [1.807, 2.05) is 20.0 Å². The molecule has 1 rings (SSSR count). The Hall–Kier alpha value is -1.63. The van der Waals surface area contributed by atoms with Gasteiger partial charge in [-0.05, 0) is 6.92 Å². The molecule has 0 aliphatic carbocycles. The van der Waals surface area contributed by atoms with Gasteiger partial charge < -0.3 is 15.7 Å². The second-order valence-electron chi connectivity index (χ2n) is 3.99. The second-order valence-corrected chi connectivity index (χ2v) is 5.26. The summed E-state index contributed by atoms with van der Waals surface area (Å²) in [4.78, 5) is 27.0. The summed E-state index contributed by atoms with van der Waals surface area (Å²) >= 11 is 1.61. The van der Waals surface area contributed by atoms with Crippen LogP contribution in [0.4, 0.5) is 4.79 Å². The molecule has 0 spiro atoms. The van der Waals surface area contributed by atoms with Gasteiger partial charge in [-0.25, -0.2) is 9.78 Å². The molecule has 1 unspecified atom stereocenters. The molecule has 0 radical (unpaired) electrons.